The molecule has 1 aromatic carbocycles. The first-order valence-electron chi connectivity index (χ1n) is 4.80. The van der Waals surface area contributed by atoms with E-state index in [2.05, 4.69) is 0 Å². The van der Waals surface area contributed by atoms with Gasteiger partial charge in [0.05, 0.1) is 5.92 Å². The highest BCUT2D eigenvalue weighted by Crippen LogP contribution is 2.32. The molecule has 0 bridgehead atoms. The van der Waals surface area contributed by atoms with E-state index in [-0.39, 0.29) is 12.0 Å². The van der Waals surface area contributed by atoms with Gasteiger partial charge in [-0.25, -0.2) is 0 Å². The molecule has 0 spiro atoms. The molecule has 1 fully saturated rings. The smallest absolute Gasteiger partial charge is 0.306 e. The van der Waals surface area contributed by atoms with Crippen LogP contribution in [0.15, 0.2) is 24.3 Å². The van der Waals surface area contributed by atoms with E-state index < -0.39 is 5.97 Å². The molecule has 2 rings (SSSR count). The SMILES string of the molecule is O=C(O)C1CC(Oc2cccc(Cl)c2)C1. The monoisotopic (exact) mass is 226 g/mol. The van der Waals surface area contributed by atoms with Crippen LogP contribution in [0.1, 0.15) is 12.8 Å². The van der Waals surface area contributed by atoms with Gasteiger partial charge in [-0.2, -0.15) is 0 Å². The Bertz CT molecular complexity index is 372. The molecule has 0 heterocycles. The predicted octanol–water partition coefficient (Wildman–Crippen LogP) is 2.58. The maximum Gasteiger partial charge on any atom is 0.306 e. The summed E-state index contributed by atoms with van der Waals surface area (Å²) in [5.74, 6) is -0.272. The van der Waals surface area contributed by atoms with Crippen LogP contribution in [-0.4, -0.2) is 17.2 Å². The number of benzene rings is 1. The van der Waals surface area contributed by atoms with E-state index in [9.17, 15) is 4.79 Å². The Morgan fingerprint density at radius 1 is 1.47 bits per heavy atom. The van der Waals surface area contributed by atoms with Gasteiger partial charge < -0.3 is 9.84 Å². The molecular weight excluding hydrogens is 216 g/mol. The molecule has 15 heavy (non-hydrogen) atoms. The number of carbonyl (C=O) groups is 1. The van der Waals surface area contributed by atoms with E-state index >= 15 is 0 Å². The molecular formula is C11H11ClO3. The summed E-state index contributed by atoms with van der Waals surface area (Å²) in [4.78, 5) is 10.6. The van der Waals surface area contributed by atoms with Gasteiger partial charge in [-0.15, -0.1) is 0 Å². The van der Waals surface area contributed by atoms with Crippen molar-refractivity contribution in [3.63, 3.8) is 0 Å². The van der Waals surface area contributed by atoms with E-state index in [1.807, 2.05) is 12.1 Å². The topological polar surface area (TPSA) is 46.5 Å². The molecule has 3 nitrogen and oxygen atoms in total. The van der Waals surface area contributed by atoms with E-state index in [1.54, 1.807) is 12.1 Å². The number of ether oxygens (including phenoxy) is 1. The lowest BCUT2D eigenvalue weighted by molar-refractivity contribution is -0.147. The first-order chi connectivity index (χ1) is 7.15. The normalized spacial score (nSPS) is 24.3. The lowest BCUT2D eigenvalue weighted by Gasteiger charge is -2.32. The molecule has 0 amide bonds. The zero-order valence-corrected chi connectivity index (χ0v) is 8.78. The number of hydrogen-bond acceptors (Lipinski definition) is 2. The highest BCUT2D eigenvalue weighted by Gasteiger charge is 2.35. The van der Waals surface area contributed by atoms with Crippen LogP contribution in [0.3, 0.4) is 0 Å². The second-order valence-corrected chi connectivity index (χ2v) is 4.14. The zero-order chi connectivity index (χ0) is 10.8. The fourth-order valence-corrected chi connectivity index (χ4v) is 1.78. The number of halogens is 1. The fraction of sp³-hybridized carbons (Fsp3) is 0.364. The molecule has 1 aliphatic carbocycles. The summed E-state index contributed by atoms with van der Waals surface area (Å²) in [7, 11) is 0. The lowest BCUT2D eigenvalue weighted by atomic mass is 9.82. The summed E-state index contributed by atoms with van der Waals surface area (Å²) in [6.07, 6.45) is 1.19. The van der Waals surface area contributed by atoms with Gasteiger partial charge in [-0.3, -0.25) is 4.79 Å². The van der Waals surface area contributed by atoms with Crippen LogP contribution in [0.25, 0.3) is 0 Å². The van der Waals surface area contributed by atoms with Gasteiger partial charge in [0.25, 0.3) is 0 Å². The summed E-state index contributed by atoms with van der Waals surface area (Å²) in [6, 6.07) is 7.13. The Morgan fingerprint density at radius 3 is 2.80 bits per heavy atom. The molecule has 1 aliphatic rings. The van der Waals surface area contributed by atoms with E-state index in [4.69, 9.17) is 21.4 Å². The minimum Gasteiger partial charge on any atom is -0.490 e. The third kappa shape index (κ3) is 2.42. The standard InChI is InChI=1S/C11H11ClO3/c12-8-2-1-3-9(6-8)15-10-4-7(5-10)11(13)14/h1-3,6-7,10H,4-5H2,(H,13,14). The van der Waals surface area contributed by atoms with Crippen molar-refractivity contribution in [1.82, 2.24) is 0 Å². The van der Waals surface area contributed by atoms with Crippen LogP contribution in [0.2, 0.25) is 5.02 Å². The van der Waals surface area contributed by atoms with E-state index in [0.717, 1.165) is 0 Å². The molecule has 1 saturated carbocycles. The Balaban J connectivity index is 1.87. The van der Waals surface area contributed by atoms with Gasteiger partial charge in [0.1, 0.15) is 11.9 Å². The highest BCUT2D eigenvalue weighted by molar-refractivity contribution is 6.30. The fourth-order valence-electron chi connectivity index (χ4n) is 1.60. The third-order valence-electron chi connectivity index (χ3n) is 2.54. The van der Waals surface area contributed by atoms with Crippen LogP contribution in [0, 0.1) is 5.92 Å². The second-order valence-electron chi connectivity index (χ2n) is 3.70. The average molecular weight is 227 g/mol. The summed E-state index contributed by atoms with van der Waals surface area (Å²) < 4.78 is 5.56. The Hall–Kier alpha value is -1.22. The average Bonchev–Trinajstić information content (AvgIpc) is 2.10. The van der Waals surface area contributed by atoms with Gasteiger partial charge in [0.15, 0.2) is 0 Å². The molecule has 0 radical (unpaired) electrons. The molecule has 80 valence electrons. The van der Waals surface area contributed by atoms with Crippen molar-refractivity contribution in [2.24, 2.45) is 5.92 Å². The molecule has 1 N–H and O–H groups in total. The van der Waals surface area contributed by atoms with Gasteiger partial charge in [-0.05, 0) is 31.0 Å². The molecule has 0 atom stereocenters. The number of carboxylic acids is 1. The third-order valence-corrected chi connectivity index (χ3v) is 2.78. The van der Waals surface area contributed by atoms with Gasteiger partial charge >= 0.3 is 5.97 Å². The van der Waals surface area contributed by atoms with Crippen LogP contribution >= 0.6 is 11.6 Å². The van der Waals surface area contributed by atoms with Crippen molar-refractivity contribution in [2.45, 2.75) is 18.9 Å². The Labute approximate surface area is 92.6 Å². The summed E-state index contributed by atoms with van der Waals surface area (Å²) in [5.41, 5.74) is 0. The van der Waals surface area contributed by atoms with Gasteiger partial charge in [0.2, 0.25) is 0 Å². The van der Waals surface area contributed by atoms with Gasteiger partial charge in [-0.1, -0.05) is 17.7 Å². The first-order valence-corrected chi connectivity index (χ1v) is 5.18. The van der Waals surface area contributed by atoms with E-state index in [1.165, 1.54) is 0 Å². The number of aliphatic carboxylic acids is 1. The maximum absolute atomic E-state index is 10.6. The van der Waals surface area contributed by atoms with Crippen molar-refractivity contribution < 1.29 is 14.6 Å². The summed E-state index contributed by atoms with van der Waals surface area (Å²) in [6.45, 7) is 0. The van der Waals surface area contributed by atoms with Crippen LogP contribution in [-0.2, 0) is 4.79 Å². The van der Waals surface area contributed by atoms with Crippen molar-refractivity contribution in [3.8, 4) is 5.75 Å². The van der Waals surface area contributed by atoms with Crippen molar-refractivity contribution >= 4 is 17.6 Å². The lowest BCUT2D eigenvalue weighted by Crippen LogP contribution is -2.38. The Morgan fingerprint density at radius 2 is 2.20 bits per heavy atom. The quantitative estimate of drug-likeness (QED) is 0.862. The molecule has 1 aromatic rings. The second kappa shape index (κ2) is 4.11. The Kier molecular flexibility index (Phi) is 2.82. The van der Waals surface area contributed by atoms with Crippen LogP contribution in [0.5, 0.6) is 5.75 Å². The molecule has 0 aromatic heterocycles. The van der Waals surface area contributed by atoms with E-state index in [0.29, 0.717) is 23.6 Å². The first kappa shape index (κ1) is 10.3. The van der Waals surface area contributed by atoms with Crippen LogP contribution in [0.4, 0.5) is 0 Å². The minimum absolute atomic E-state index is 0.0181. The molecule has 0 unspecified atom stereocenters. The number of carboxylic acid groups (broad SMARTS) is 1. The van der Waals surface area contributed by atoms with Crippen molar-refractivity contribution in [3.05, 3.63) is 29.3 Å². The van der Waals surface area contributed by atoms with Crippen molar-refractivity contribution in [2.75, 3.05) is 0 Å². The largest absolute Gasteiger partial charge is 0.490 e. The number of rotatable bonds is 3. The number of hydrogen-bond donors (Lipinski definition) is 1. The molecule has 0 saturated heterocycles. The zero-order valence-electron chi connectivity index (χ0n) is 8.02. The molecule has 0 aliphatic heterocycles. The van der Waals surface area contributed by atoms with Crippen molar-refractivity contribution in [1.29, 1.82) is 0 Å². The van der Waals surface area contributed by atoms with Gasteiger partial charge in [0, 0.05) is 5.02 Å². The summed E-state index contributed by atoms with van der Waals surface area (Å²) in [5, 5.41) is 9.31. The molecule has 4 heteroatoms. The maximum atomic E-state index is 10.6. The summed E-state index contributed by atoms with van der Waals surface area (Å²) >= 11 is 5.79. The minimum atomic E-state index is -0.735. The highest BCUT2D eigenvalue weighted by atomic mass is 35.5. The predicted molar refractivity (Wildman–Crippen MR) is 56.2 cm³/mol. The van der Waals surface area contributed by atoms with Crippen LogP contribution < -0.4 is 4.74 Å².